The van der Waals surface area contributed by atoms with Gasteiger partial charge in [-0.2, -0.15) is 5.26 Å². The second-order valence-corrected chi connectivity index (χ2v) is 4.77. The summed E-state index contributed by atoms with van der Waals surface area (Å²) in [5.41, 5.74) is 3.27. The molecule has 0 fully saturated rings. The van der Waals surface area contributed by atoms with Crippen LogP contribution in [0.25, 0.3) is 0 Å². The minimum Gasteiger partial charge on any atom is -0.466 e. The highest BCUT2D eigenvalue weighted by molar-refractivity contribution is 5.47. The number of anilines is 1. The maximum atomic E-state index is 8.64. The highest BCUT2D eigenvalue weighted by atomic mass is 16.3. The smallest absolute Gasteiger partial charge is 0.106 e. The highest BCUT2D eigenvalue weighted by Crippen LogP contribution is 2.25. The predicted molar refractivity (Wildman–Crippen MR) is 76.0 cm³/mol. The van der Waals surface area contributed by atoms with Crippen molar-refractivity contribution in [2.75, 3.05) is 5.32 Å². The van der Waals surface area contributed by atoms with Crippen LogP contribution in [-0.2, 0) is 6.42 Å². The van der Waals surface area contributed by atoms with E-state index in [9.17, 15) is 0 Å². The molecule has 2 aromatic rings. The largest absolute Gasteiger partial charge is 0.466 e. The Morgan fingerprint density at radius 3 is 2.47 bits per heavy atom. The molecule has 1 aromatic heterocycles. The Balaban J connectivity index is 2.08. The van der Waals surface area contributed by atoms with Crippen LogP contribution < -0.4 is 5.32 Å². The minimum atomic E-state index is 0.194. The van der Waals surface area contributed by atoms with Crippen LogP contribution in [-0.4, -0.2) is 0 Å². The third kappa shape index (κ3) is 3.17. The summed E-state index contributed by atoms with van der Waals surface area (Å²) in [4.78, 5) is 0. The van der Waals surface area contributed by atoms with Crippen molar-refractivity contribution in [2.45, 2.75) is 33.2 Å². The van der Waals surface area contributed by atoms with Gasteiger partial charge in [0.05, 0.1) is 18.5 Å². The SMILES string of the molecule is Cc1cc(C(C)Nc2ccc(CC#N)cc2)c(C)o1. The molecule has 3 nitrogen and oxygen atoms in total. The van der Waals surface area contributed by atoms with Crippen LogP contribution in [0.3, 0.4) is 0 Å². The van der Waals surface area contributed by atoms with Gasteiger partial charge in [-0.25, -0.2) is 0 Å². The van der Waals surface area contributed by atoms with Crippen LogP contribution in [0.2, 0.25) is 0 Å². The number of rotatable bonds is 4. The zero-order valence-electron chi connectivity index (χ0n) is 11.5. The van der Waals surface area contributed by atoms with E-state index in [1.54, 1.807) is 0 Å². The van der Waals surface area contributed by atoms with Crippen molar-refractivity contribution in [3.63, 3.8) is 0 Å². The van der Waals surface area contributed by atoms with Crippen molar-refractivity contribution < 1.29 is 4.42 Å². The lowest BCUT2D eigenvalue weighted by atomic mass is 10.1. The fraction of sp³-hybridized carbons (Fsp3) is 0.312. The second kappa shape index (κ2) is 5.62. The van der Waals surface area contributed by atoms with Gasteiger partial charge in [0.1, 0.15) is 11.5 Å². The third-order valence-electron chi connectivity index (χ3n) is 3.17. The van der Waals surface area contributed by atoms with E-state index in [4.69, 9.17) is 9.68 Å². The molecule has 0 saturated heterocycles. The summed E-state index contributed by atoms with van der Waals surface area (Å²) in [6.45, 7) is 6.05. The molecule has 1 N–H and O–H groups in total. The van der Waals surface area contributed by atoms with Gasteiger partial charge in [0.15, 0.2) is 0 Å². The molecule has 3 heteroatoms. The van der Waals surface area contributed by atoms with E-state index in [1.165, 1.54) is 5.56 Å². The molecule has 1 aromatic carbocycles. The number of benzene rings is 1. The van der Waals surface area contributed by atoms with Crippen LogP contribution in [0, 0.1) is 25.2 Å². The number of nitriles is 1. The van der Waals surface area contributed by atoms with Crippen LogP contribution in [0.5, 0.6) is 0 Å². The van der Waals surface area contributed by atoms with Gasteiger partial charge < -0.3 is 9.73 Å². The first-order chi connectivity index (χ1) is 9.10. The summed E-state index contributed by atoms with van der Waals surface area (Å²) in [6.07, 6.45) is 0.454. The number of hydrogen-bond donors (Lipinski definition) is 1. The molecule has 0 bridgehead atoms. The van der Waals surface area contributed by atoms with Gasteiger partial charge in [0.25, 0.3) is 0 Å². The average molecular weight is 254 g/mol. The van der Waals surface area contributed by atoms with Crippen molar-refractivity contribution in [1.82, 2.24) is 0 Å². The summed E-state index contributed by atoms with van der Waals surface area (Å²) in [7, 11) is 0. The third-order valence-corrected chi connectivity index (χ3v) is 3.17. The first kappa shape index (κ1) is 13.2. The summed E-state index contributed by atoms with van der Waals surface area (Å²) in [5, 5.41) is 12.1. The molecule has 0 aliphatic heterocycles. The van der Waals surface area contributed by atoms with Gasteiger partial charge in [-0.15, -0.1) is 0 Å². The molecule has 0 aliphatic carbocycles. The number of hydrogen-bond acceptors (Lipinski definition) is 3. The van der Waals surface area contributed by atoms with Gasteiger partial charge in [-0.1, -0.05) is 12.1 Å². The van der Waals surface area contributed by atoms with Crippen molar-refractivity contribution in [3.05, 3.63) is 53.0 Å². The lowest BCUT2D eigenvalue weighted by molar-refractivity contribution is 0.500. The quantitative estimate of drug-likeness (QED) is 0.892. The van der Waals surface area contributed by atoms with Gasteiger partial charge in [-0.3, -0.25) is 0 Å². The van der Waals surface area contributed by atoms with Crippen LogP contribution in [0.1, 0.15) is 35.6 Å². The van der Waals surface area contributed by atoms with Crippen LogP contribution >= 0.6 is 0 Å². The molecule has 1 unspecified atom stereocenters. The van der Waals surface area contributed by atoms with E-state index in [0.717, 1.165) is 22.8 Å². The van der Waals surface area contributed by atoms with Crippen LogP contribution in [0.15, 0.2) is 34.7 Å². The zero-order valence-corrected chi connectivity index (χ0v) is 11.5. The Labute approximate surface area is 113 Å². The predicted octanol–water partition coefficient (Wildman–Crippen LogP) is 4.14. The molecule has 0 spiro atoms. The lowest BCUT2D eigenvalue weighted by Gasteiger charge is -2.14. The average Bonchev–Trinajstić information content (AvgIpc) is 2.71. The number of nitrogens with one attached hydrogen (secondary N) is 1. The first-order valence-corrected chi connectivity index (χ1v) is 6.39. The van der Waals surface area contributed by atoms with Crippen molar-refractivity contribution in [3.8, 4) is 6.07 Å². The van der Waals surface area contributed by atoms with E-state index in [1.807, 2.05) is 38.1 Å². The zero-order chi connectivity index (χ0) is 13.8. The molecule has 1 atom stereocenters. The maximum Gasteiger partial charge on any atom is 0.106 e. The molecule has 0 saturated carbocycles. The highest BCUT2D eigenvalue weighted by Gasteiger charge is 2.12. The Hall–Kier alpha value is -2.21. The Bertz CT molecular complexity index is 590. The number of aryl methyl sites for hydroxylation is 2. The van der Waals surface area contributed by atoms with Gasteiger partial charge in [-0.05, 0) is 44.5 Å². The van der Waals surface area contributed by atoms with E-state index in [0.29, 0.717) is 6.42 Å². The van der Waals surface area contributed by atoms with E-state index in [-0.39, 0.29) is 6.04 Å². The molecule has 0 amide bonds. The van der Waals surface area contributed by atoms with Gasteiger partial charge in [0.2, 0.25) is 0 Å². The second-order valence-electron chi connectivity index (χ2n) is 4.77. The minimum absolute atomic E-state index is 0.194. The molecule has 2 rings (SSSR count). The Morgan fingerprint density at radius 2 is 1.95 bits per heavy atom. The fourth-order valence-corrected chi connectivity index (χ4v) is 2.22. The molecular formula is C16H18N2O. The maximum absolute atomic E-state index is 8.64. The number of nitrogens with zero attached hydrogens (tertiary/aromatic N) is 1. The number of furan rings is 1. The van der Waals surface area contributed by atoms with Crippen molar-refractivity contribution >= 4 is 5.69 Å². The summed E-state index contributed by atoms with van der Waals surface area (Å²) in [6, 6.07) is 12.4. The molecule has 0 radical (unpaired) electrons. The summed E-state index contributed by atoms with van der Waals surface area (Å²) >= 11 is 0. The van der Waals surface area contributed by atoms with Crippen LogP contribution in [0.4, 0.5) is 5.69 Å². The molecule has 1 heterocycles. The Morgan fingerprint density at radius 1 is 1.26 bits per heavy atom. The monoisotopic (exact) mass is 254 g/mol. The molecule has 19 heavy (non-hydrogen) atoms. The molecule has 0 aliphatic rings. The normalized spacial score (nSPS) is 11.9. The summed E-state index contributed by atoms with van der Waals surface area (Å²) in [5.74, 6) is 1.89. The van der Waals surface area contributed by atoms with Gasteiger partial charge >= 0.3 is 0 Å². The standard InChI is InChI=1S/C16H18N2O/c1-11-10-16(13(3)19-11)12(2)18-15-6-4-14(5-7-15)8-9-17/h4-7,10,12,18H,8H2,1-3H3. The van der Waals surface area contributed by atoms with E-state index in [2.05, 4.69) is 24.4 Å². The molecular weight excluding hydrogens is 236 g/mol. The van der Waals surface area contributed by atoms with Crippen molar-refractivity contribution in [2.24, 2.45) is 0 Å². The van der Waals surface area contributed by atoms with E-state index < -0.39 is 0 Å². The van der Waals surface area contributed by atoms with Crippen molar-refractivity contribution in [1.29, 1.82) is 5.26 Å². The topological polar surface area (TPSA) is 49.0 Å². The summed E-state index contributed by atoms with van der Waals surface area (Å²) < 4.78 is 5.55. The van der Waals surface area contributed by atoms with Gasteiger partial charge in [0, 0.05) is 11.3 Å². The first-order valence-electron chi connectivity index (χ1n) is 6.39. The molecule has 98 valence electrons. The lowest BCUT2D eigenvalue weighted by Crippen LogP contribution is -2.06. The Kier molecular flexibility index (Phi) is 3.91. The fourth-order valence-electron chi connectivity index (χ4n) is 2.22. The van der Waals surface area contributed by atoms with E-state index >= 15 is 0 Å².